The molecule has 0 aliphatic carbocycles. The smallest absolute Gasteiger partial charge is 0.242 e. The average Bonchev–Trinajstić information content (AvgIpc) is 3.41. The number of carbonyl (C=O) groups excluding carboxylic acids is 1. The molecule has 8 heteroatoms. The molecule has 0 atom stereocenters. The van der Waals surface area contributed by atoms with Crippen LogP contribution in [-0.2, 0) is 17.9 Å². The number of aromatic nitrogens is 5. The predicted molar refractivity (Wildman–Crippen MR) is 118 cm³/mol. The van der Waals surface area contributed by atoms with Crippen LogP contribution < -0.4 is 0 Å². The Morgan fingerprint density at radius 3 is 2.45 bits per heavy atom. The van der Waals surface area contributed by atoms with Crippen molar-refractivity contribution in [1.29, 1.82) is 0 Å². The van der Waals surface area contributed by atoms with Gasteiger partial charge in [0.25, 0.3) is 0 Å². The van der Waals surface area contributed by atoms with Gasteiger partial charge in [0.1, 0.15) is 6.54 Å². The van der Waals surface area contributed by atoms with Gasteiger partial charge in [-0.15, -0.1) is 0 Å². The van der Waals surface area contributed by atoms with Crippen LogP contribution in [0.25, 0.3) is 22.5 Å². The molecular formula is C23H21ClN6O. The van der Waals surface area contributed by atoms with Crippen LogP contribution in [0.15, 0.2) is 73.8 Å². The zero-order valence-corrected chi connectivity index (χ0v) is 17.6. The van der Waals surface area contributed by atoms with Crippen molar-refractivity contribution in [3.63, 3.8) is 0 Å². The van der Waals surface area contributed by atoms with E-state index in [4.69, 9.17) is 11.6 Å². The fourth-order valence-electron chi connectivity index (χ4n) is 3.96. The number of amides is 1. The highest BCUT2D eigenvalue weighted by molar-refractivity contribution is 6.30. The average molecular weight is 433 g/mol. The molecule has 3 aromatic heterocycles. The summed E-state index contributed by atoms with van der Waals surface area (Å²) in [5, 5.41) is 0.673. The summed E-state index contributed by atoms with van der Waals surface area (Å²) in [5.74, 6) is 0.558. The molecule has 0 N–H and O–H groups in total. The fourth-order valence-corrected chi connectivity index (χ4v) is 4.09. The third-order valence-corrected chi connectivity index (χ3v) is 5.80. The molecule has 1 amide bonds. The first-order valence-electron chi connectivity index (χ1n) is 10.1. The van der Waals surface area contributed by atoms with E-state index in [-0.39, 0.29) is 12.5 Å². The monoisotopic (exact) mass is 432 g/mol. The molecule has 1 saturated heterocycles. The molecule has 0 saturated carbocycles. The van der Waals surface area contributed by atoms with Crippen LogP contribution in [0.5, 0.6) is 0 Å². The summed E-state index contributed by atoms with van der Waals surface area (Å²) in [5.41, 5.74) is 3.63. The summed E-state index contributed by atoms with van der Waals surface area (Å²) >= 11 is 6.05. The summed E-state index contributed by atoms with van der Waals surface area (Å²) in [4.78, 5) is 27.7. The maximum absolute atomic E-state index is 12.9. The van der Waals surface area contributed by atoms with Crippen LogP contribution in [0.3, 0.4) is 0 Å². The summed E-state index contributed by atoms with van der Waals surface area (Å²) in [7, 11) is 0. The summed E-state index contributed by atoms with van der Waals surface area (Å²) in [6.45, 7) is 2.66. The fraction of sp³-hybridized carbons (Fsp3) is 0.217. The number of halogens is 1. The number of hydrogen-bond donors (Lipinski definition) is 0. The molecule has 1 aliphatic heterocycles. The number of carbonyl (C=O) groups is 1. The quantitative estimate of drug-likeness (QED) is 0.466. The van der Waals surface area contributed by atoms with Gasteiger partial charge in [-0.2, -0.15) is 0 Å². The van der Waals surface area contributed by atoms with Gasteiger partial charge in [0.05, 0.1) is 24.0 Å². The van der Waals surface area contributed by atoms with E-state index >= 15 is 0 Å². The minimum atomic E-state index is 0.0947. The van der Waals surface area contributed by atoms with Crippen LogP contribution >= 0.6 is 11.6 Å². The summed E-state index contributed by atoms with van der Waals surface area (Å²) in [6.07, 6.45) is 10.8. The van der Waals surface area contributed by atoms with Gasteiger partial charge < -0.3 is 14.0 Å². The van der Waals surface area contributed by atoms with Crippen molar-refractivity contribution in [2.45, 2.75) is 13.1 Å². The van der Waals surface area contributed by atoms with E-state index in [9.17, 15) is 4.79 Å². The molecule has 5 rings (SSSR count). The van der Waals surface area contributed by atoms with Crippen LogP contribution in [0.2, 0.25) is 5.02 Å². The van der Waals surface area contributed by atoms with Crippen molar-refractivity contribution >= 4 is 17.5 Å². The Morgan fingerprint density at radius 1 is 0.968 bits per heavy atom. The molecular weight excluding hydrogens is 412 g/mol. The lowest BCUT2D eigenvalue weighted by molar-refractivity contribution is -0.138. The molecule has 4 heterocycles. The third kappa shape index (κ3) is 4.09. The highest BCUT2D eigenvalue weighted by Gasteiger charge is 2.31. The summed E-state index contributed by atoms with van der Waals surface area (Å²) < 4.78 is 3.98. The Labute approximate surface area is 185 Å². The maximum atomic E-state index is 12.9. The molecule has 31 heavy (non-hydrogen) atoms. The van der Waals surface area contributed by atoms with Crippen LogP contribution in [0.1, 0.15) is 0 Å². The van der Waals surface area contributed by atoms with Gasteiger partial charge in [0, 0.05) is 66.5 Å². The Morgan fingerprint density at radius 2 is 1.74 bits per heavy atom. The van der Waals surface area contributed by atoms with Gasteiger partial charge in [-0.1, -0.05) is 23.7 Å². The van der Waals surface area contributed by atoms with E-state index in [1.165, 1.54) is 0 Å². The minimum absolute atomic E-state index is 0.0947. The minimum Gasteiger partial charge on any atom is -0.340 e. The van der Waals surface area contributed by atoms with Crippen LogP contribution in [0, 0.1) is 5.92 Å². The zero-order valence-electron chi connectivity index (χ0n) is 16.8. The molecule has 0 bridgehead atoms. The lowest BCUT2D eigenvalue weighted by atomic mass is 10.00. The standard InChI is InChI=1S/C23H21ClN6O/c24-20-3-1-18(2-4-20)22-23(19-5-7-25-8-6-19)30(16-27-22)14-21(31)29-12-17(13-29)11-28-10-9-26-15-28/h1-10,15-17H,11-14H2. The molecule has 1 aliphatic rings. The van der Waals surface area contributed by atoms with E-state index in [0.29, 0.717) is 10.9 Å². The Balaban J connectivity index is 1.35. The Kier molecular flexibility index (Phi) is 5.26. The molecule has 1 fully saturated rings. The predicted octanol–water partition coefficient (Wildman–Crippen LogP) is 3.62. The van der Waals surface area contributed by atoms with Crippen molar-refractivity contribution in [2.75, 3.05) is 13.1 Å². The van der Waals surface area contributed by atoms with Gasteiger partial charge >= 0.3 is 0 Å². The SMILES string of the molecule is O=C(Cn1cnc(-c2ccc(Cl)cc2)c1-c1ccncc1)N1CC(Cn2ccnc2)C1. The molecule has 4 aromatic rings. The van der Waals surface area contributed by atoms with Gasteiger partial charge in [0.15, 0.2) is 0 Å². The Hall–Kier alpha value is -3.45. The number of imidazole rings is 2. The number of rotatable bonds is 6. The number of hydrogen-bond acceptors (Lipinski definition) is 4. The molecule has 7 nitrogen and oxygen atoms in total. The highest BCUT2D eigenvalue weighted by Crippen LogP contribution is 2.32. The first kappa shape index (κ1) is 19.5. The van der Waals surface area contributed by atoms with Crippen LogP contribution in [0.4, 0.5) is 0 Å². The molecule has 0 radical (unpaired) electrons. The molecule has 156 valence electrons. The van der Waals surface area contributed by atoms with Crippen molar-refractivity contribution in [3.05, 3.63) is 78.9 Å². The number of pyridine rings is 1. The van der Waals surface area contributed by atoms with Gasteiger partial charge in [-0.3, -0.25) is 9.78 Å². The van der Waals surface area contributed by atoms with Gasteiger partial charge in [-0.25, -0.2) is 9.97 Å². The van der Waals surface area contributed by atoms with E-state index in [1.807, 2.05) is 58.4 Å². The molecule has 0 spiro atoms. The van der Waals surface area contributed by atoms with Gasteiger partial charge in [-0.05, 0) is 24.3 Å². The lowest BCUT2D eigenvalue weighted by Gasteiger charge is -2.39. The number of likely N-dealkylation sites (tertiary alicyclic amines) is 1. The van der Waals surface area contributed by atoms with E-state index in [0.717, 1.165) is 42.1 Å². The Bertz CT molecular complexity index is 1160. The topological polar surface area (TPSA) is 68.8 Å². The van der Waals surface area contributed by atoms with Crippen molar-refractivity contribution < 1.29 is 4.79 Å². The second-order valence-corrected chi connectivity index (χ2v) is 8.17. The second-order valence-electron chi connectivity index (χ2n) is 7.74. The van der Waals surface area contributed by atoms with Crippen molar-refractivity contribution in [1.82, 2.24) is 29.0 Å². The first-order valence-corrected chi connectivity index (χ1v) is 10.5. The van der Waals surface area contributed by atoms with E-state index in [1.54, 1.807) is 24.9 Å². The largest absolute Gasteiger partial charge is 0.340 e. The lowest BCUT2D eigenvalue weighted by Crippen LogP contribution is -2.52. The second kappa shape index (κ2) is 8.35. The molecule has 0 unspecified atom stereocenters. The van der Waals surface area contributed by atoms with Gasteiger partial charge in [0.2, 0.25) is 5.91 Å². The first-order chi connectivity index (χ1) is 15.2. The van der Waals surface area contributed by atoms with Crippen LogP contribution in [-0.4, -0.2) is 48.0 Å². The highest BCUT2D eigenvalue weighted by atomic mass is 35.5. The van der Waals surface area contributed by atoms with E-state index in [2.05, 4.69) is 19.5 Å². The van der Waals surface area contributed by atoms with Crippen molar-refractivity contribution in [2.24, 2.45) is 5.92 Å². The molecule has 1 aromatic carbocycles. The third-order valence-electron chi connectivity index (χ3n) is 5.55. The normalized spacial score (nSPS) is 13.9. The van der Waals surface area contributed by atoms with Crippen molar-refractivity contribution in [3.8, 4) is 22.5 Å². The maximum Gasteiger partial charge on any atom is 0.242 e. The van der Waals surface area contributed by atoms with E-state index < -0.39 is 0 Å². The number of nitrogens with zero attached hydrogens (tertiary/aromatic N) is 6. The number of benzene rings is 1. The zero-order chi connectivity index (χ0) is 21.2. The summed E-state index contributed by atoms with van der Waals surface area (Å²) in [6, 6.07) is 11.4.